The molecule has 6 nitrogen and oxygen atoms in total. The number of hydrogen-bond donors (Lipinski definition) is 0. The van der Waals surface area contributed by atoms with Crippen LogP contribution in [-0.2, 0) is 0 Å². The summed E-state index contributed by atoms with van der Waals surface area (Å²) in [7, 11) is 2.99. The van der Waals surface area contributed by atoms with Gasteiger partial charge in [-0.1, -0.05) is 23.2 Å². The highest BCUT2D eigenvalue weighted by atomic mass is 35.5. The van der Waals surface area contributed by atoms with Gasteiger partial charge in [-0.15, -0.1) is 20.4 Å². The van der Waals surface area contributed by atoms with Crippen LogP contribution < -0.4 is 0 Å². The van der Waals surface area contributed by atoms with E-state index in [2.05, 4.69) is 20.4 Å². The van der Waals surface area contributed by atoms with Crippen molar-refractivity contribution in [1.82, 2.24) is 29.4 Å². The Morgan fingerprint density at radius 3 is 1.35 bits per heavy atom. The van der Waals surface area contributed by atoms with Crippen LogP contribution in [0.25, 0.3) is 32.7 Å². The van der Waals surface area contributed by atoms with Crippen LogP contribution >= 0.6 is 43.9 Å². The van der Waals surface area contributed by atoms with Crippen molar-refractivity contribution in [3.05, 3.63) is 58.6 Å². The number of hydrogen-bond acceptors (Lipinski definition) is 6. The third kappa shape index (κ3) is 2.53. The van der Waals surface area contributed by atoms with Crippen molar-refractivity contribution in [3.8, 4) is 22.8 Å². The summed E-state index contributed by atoms with van der Waals surface area (Å²) in [6, 6.07) is 15.0. The van der Waals surface area contributed by atoms with E-state index >= 15 is 0 Å². The van der Waals surface area contributed by atoms with Gasteiger partial charge in [0.15, 0.2) is 11.6 Å². The van der Waals surface area contributed by atoms with Gasteiger partial charge in [0, 0.05) is 21.2 Å². The number of aromatic nitrogens is 6. The van der Waals surface area contributed by atoms with E-state index in [0.717, 1.165) is 21.0 Å². The molecule has 0 bridgehead atoms. The standard InChI is InChI=1S/C16H8Cl2N6S2/c17-11-5-1-9(2-6-11)13-19-21-15-23(13)24-14(20-22-16(24)26-25-15)10-3-7-12(18)8-4-10/h1-8H. The molecule has 0 saturated heterocycles. The Morgan fingerprint density at radius 1 is 0.577 bits per heavy atom. The average molecular weight is 419 g/mol. The highest BCUT2D eigenvalue weighted by Crippen LogP contribution is 2.28. The number of halogens is 2. The minimum absolute atomic E-state index is 0.670. The zero-order valence-electron chi connectivity index (χ0n) is 12.9. The van der Waals surface area contributed by atoms with Crippen LogP contribution in [0.4, 0.5) is 0 Å². The van der Waals surface area contributed by atoms with Crippen LogP contribution in [0.3, 0.4) is 0 Å². The number of nitrogens with zero attached hydrogens (tertiary/aromatic N) is 6. The van der Waals surface area contributed by atoms with Crippen molar-refractivity contribution < 1.29 is 0 Å². The SMILES string of the molecule is Clc1ccc(-c2nnc3ssc4nnc(-c5ccc(Cl)cc5)n4n23)cc1. The lowest BCUT2D eigenvalue weighted by molar-refractivity contribution is 0.872. The molecule has 0 saturated carbocycles. The summed E-state index contributed by atoms with van der Waals surface area (Å²) in [5, 5.41) is 18.7. The van der Waals surface area contributed by atoms with Crippen molar-refractivity contribution in [1.29, 1.82) is 0 Å². The number of rotatable bonds is 2. The molecule has 26 heavy (non-hydrogen) atoms. The molecular formula is C16H8Cl2N6S2. The van der Waals surface area contributed by atoms with E-state index in [9.17, 15) is 0 Å². The van der Waals surface area contributed by atoms with Gasteiger partial charge in [0.2, 0.25) is 9.92 Å². The topological polar surface area (TPSA) is 60.4 Å². The number of fused-ring (bicyclic) bond motifs is 3. The Labute approximate surface area is 164 Å². The lowest BCUT2D eigenvalue weighted by Crippen LogP contribution is -2.02. The van der Waals surface area contributed by atoms with Crippen molar-refractivity contribution in [2.24, 2.45) is 0 Å². The smallest absolute Gasteiger partial charge is 0.195 e. The molecular weight excluding hydrogens is 411 g/mol. The quantitative estimate of drug-likeness (QED) is 0.374. The highest BCUT2D eigenvalue weighted by Gasteiger charge is 2.17. The van der Waals surface area contributed by atoms with Gasteiger partial charge in [-0.25, -0.2) is 0 Å². The molecule has 3 aromatic heterocycles. The Kier molecular flexibility index (Phi) is 3.79. The molecule has 0 radical (unpaired) electrons. The highest BCUT2D eigenvalue weighted by molar-refractivity contribution is 7.72. The first-order valence-electron chi connectivity index (χ1n) is 7.48. The van der Waals surface area contributed by atoms with Crippen LogP contribution in [0.5, 0.6) is 0 Å². The maximum absolute atomic E-state index is 6.01. The second kappa shape index (κ2) is 6.17. The van der Waals surface area contributed by atoms with Gasteiger partial charge >= 0.3 is 0 Å². The van der Waals surface area contributed by atoms with Gasteiger partial charge in [0.05, 0.1) is 0 Å². The first-order valence-corrected chi connectivity index (χ1v) is 10.4. The zero-order valence-corrected chi connectivity index (χ0v) is 16.0. The molecule has 0 atom stereocenters. The van der Waals surface area contributed by atoms with Gasteiger partial charge < -0.3 is 0 Å². The largest absolute Gasteiger partial charge is 0.242 e. The van der Waals surface area contributed by atoms with Crippen molar-refractivity contribution in [3.63, 3.8) is 0 Å². The van der Waals surface area contributed by atoms with Gasteiger partial charge in [-0.3, -0.25) is 0 Å². The second-order valence-corrected chi connectivity index (χ2v) is 8.35. The van der Waals surface area contributed by atoms with E-state index in [-0.39, 0.29) is 0 Å². The fourth-order valence-electron chi connectivity index (χ4n) is 2.63. The Balaban J connectivity index is 1.84. The Morgan fingerprint density at radius 2 is 0.962 bits per heavy atom. The lowest BCUT2D eigenvalue weighted by Gasteiger charge is -2.05. The molecule has 5 rings (SSSR count). The van der Waals surface area contributed by atoms with Crippen molar-refractivity contribution in [2.75, 3.05) is 0 Å². The monoisotopic (exact) mass is 418 g/mol. The molecule has 128 valence electrons. The van der Waals surface area contributed by atoms with E-state index in [0.29, 0.717) is 21.7 Å². The number of benzene rings is 2. The molecule has 0 spiro atoms. The average Bonchev–Trinajstić information content (AvgIpc) is 3.27. The molecule has 5 aromatic rings. The first-order chi connectivity index (χ1) is 12.7. The van der Waals surface area contributed by atoms with Crippen LogP contribution in [0.2, 0.25) is 10.0 Å². The first kappa shape index (κ1) is 16.0. The fraction of sp³-hybridized carbons (Fsp3) is 0. The van der Waals surface area contributed by atoms with Gasteiger partial charge in [-0.05, 0) is 69.2 Å². The summed E-state index contributed by atoms with van der Waals surface area (Å²) in [6.07, 6.45) is 0. The molecule has 10 heteroatoms. The minimum atomic E-state index is 0.670. The molecule has 0 fully saturated rings. The second-order valence-electron chi connectivity index (χ2n) is 5.42. The van der Waals surface area contributed by atoms with Gasteiger partial charge in [0.25, 0.3) is 0 Å². The molecule has 0 N–H and O–H groups in total. The lowest BCUT2D eigenvalue weighted by atomic mass is 10.2. The van der Waals surface area contributed by atoms with Crippen LogP contribution in [0, 0.1) is 0 Å². The van der Waals surface area contributed by atoms with E-state index in [1.54, 1.807) is 0 Å². The summed E-state index contributed by atoms with van der Waals surface area (Å²) in [6.45, 7) is 0. The summed E-state index contributed by atoms with van der Waals surface area (Å²) in [5.41, 5.74) is 1.81. The molecule has 0 aliphatic carbocycles. The third-order valence-corrected chi connectivity index (χ3v) is 6.36. The maximum Gasteiger partial charge on any atom is 0.242 e. The molecule has 2 aromatic carbocycles. The minimum Gasteiger partial charge on any atom is -0.195 e. The van der Waals surface area contributed by atoms with Crippen LogP contribution in [-0.4, -0.2) is 29.4 Å². The summed E-state index contributed by atoms with van der Waals surface area (Å²) in [5.74, 6) is 1.39. The molecule has 0 aliphatic rings. The third-order valence-electron chi connectivity index (χ3n) is 3.82. The summed E-state index contributed by atoms with van der Waals surface area (Å²) in [4.78, 5) is 1.50. The molecule has 0 unspecified atom stereocenters. The molecule has 0 aliphatic heterocycles. The normalized spacial score (nSPS) is 11.5. The van der Waals surface area contributed by atoms with E-state index in [4.69, 9.17) is 23.2 Å². The van der Waals surface area contributed by atoms with Gasteiger partial charge in [-0.2, -0.15) is 9.03 Å². The van der Waals surface area contributed by atoms with E-state index in [1.807, 2.05) is 57.6 Å². The summed E-state index contributed by atoms with van der Waals surface area (Å²) < 4.78 is 3.84. The molecule has 3 heterocycles. The summed E-state index contributed by atoms with van der Waals surface area (Å²) >= 11 is 12.0. The van der Waals surface area contributed by atoms with E-state index in [1.165, 1.54) is 20.7 Å². The predicted molar refractivity (Wildman–Crippen MR) is 105 cm³/mol. The maximum atomic E-state index is 6.01. The van der Waals surface area contributed by atoms with Crippen molar-refractivity contribution >= 4 is 53.8 Å². The van der Waals surface area contributed by atoms with Gasteiger partial charge in [0.1, 0.15) is 0 Å². The van der Waals surface area contributed by atoms with Crippen molar-refractivity contribution in [2.45, 2.75) is 0 Å². The predicted octanol–water partition coefficient (Wildman–Crippen LogP) is 5.10. The van der Waals surface area contributed by atoms with E-state index < -0.39 is 0 Å². The molecule has 0 amide bonds. The Bertz CT molecular complexity index is 1150. The van der Waals surface area contributed by atoms with Crippen LogP contribution in [0.15, 0.2) is 48.5 Å². The van der Waals surface area contributed by atoms with Crippen LogP contribution in [0.1, 0.15) is 0 Å². The Hall–Kier alpha value is -2.26. The zero-order chi connectivity index (χ0) is 17.7. The fourth-order valence-corrected chi connectivity index (χ4v) is 4.73.